The molecule has 3 amide bonds. The molecule has 11 heteroatoms. The molecule has 0 radical (unpaired) electrons. The number of hydrogen-bond acceptors (Lipinski definition) is 6. The summed E-state index contributed by atoms with van der Waals surface area (Å²) < 4.78 is 11.9. The van der Waals surface area contributed by atoms with Crippen LogP contribution in [0.25, 0.3) is 5.69 Å². The van der Waals surface area contributed by atoms with E-state index in [4.69, 9.17) is 22.1 Å². The van der Waals surface area contributed by atoms with Crippen LogP contribution in [0.15, 0.2) is 79.3 Å². The van der Waals surface area contributed by atoms with Gasteiger partial charge in [0.15, 0.2) is 5.69 Å². The number of aryl methyl sites for hydroxylation is 1. The van der Waals surface area contributed by atoms with Crippen molar-refractivity contribution in [3.05, 3.63) is 95.5 Å². The molecule has 2 aromatic carbocycles. The molecule has 2 heterocycles. The molecule has 4 rings (SSSR count). The van der Waals surface area contributed by atoms with E-state index in [1.54, 1.807) is 36.4 Å². The Balaban J connectivity index is 1.42. The van der Waals surface area contributed by atoms with Crippen LogP contribution in [0.2, 0.25) is 5.02 Å². The summed E-state index contributed by atoms with van der Waals surface area (Å²) in [7, 11) is 0. The highest BCUT2D eigenvalue weighted by molar-refractivity contribution is 6.31. The molecule has 0 aliphatic carbocycles. The fourth-order valence-electron chi connectivity index (χ4n) is 3.24. The summed E-state index contributed by atoms with van der Waals surface area (Å²) in [6.07, 6.45) is 3.81. The first-order valence-electron chi connectivity index (χ1n) is 10.6. The lowest BCUT2D eigenvalue weighted by atomic mass is 10.2. The third-order valence-corrected chi connectivity index (χ3v) is 5.30. The third-order valence-electron chi connectivity index (χ3n) is 4.89. The molecule has 2 aromatic heterocycles. The van der Waals surface area contributed by atoms with Crippen LogP contribution in [0.3, 0.4) is 0 Å². The normalized spacial score (nSPS) is 10.4. The minimum Gasteiger partial charge on any atom is -0.457 e. The van der Waals surface area contributed by atoms with Crippen molar-refractivity contribution in [3.63, 3.8) is 0 Å². The number of primary amides is 1. The topological polar surface area (TPSA) is 138 Å². The molecular weight excluding hydrogens is 486 g/mol. The van der Waals surface area contributed by atoms with E-state index in [9.17, 15) is 14.4 Å². The number of carbonyl (C=O) groups excluding carboxylic acids is 3. The molecule has 36 heavy (non-hydrogen) atoms. The molecule has 4 N–H and O–H groups in total. The minimum absolute atomic E-state index is 0.141. The Labute approximate surface area is 210 Å². The van der Waals surface area contributed by atoms with Crippen molar-refractivity contribution in [3.8, 4) is 17.2 Å². The number of nitrogens with zero attached hydrogens (tertiary/aromatic N) is 2. The van der Waals surface area contributed by atoms with Crippen LogP contribution in [-0.2, 0) is 4.74 Å². The van der Waals surface area contributed by atoms with Gasteiger partial charge in [0.05, 0.1) is 11.4 Å². The van der Waals surface area contributed by atoms with Gasteiger partial charge < -0.3 is 30.4 Å². The zero-order chi connectivity index (χ0) is 25.7. The Hall–Kier alpha value is -4.83. The van der Waals surface area contributed by atoms with Gasteiger partial charge in [-0.1, -0.05) is 11.6 Å². The predicted molar refractivity (Wildman–Crippen MR) is 134 cm³/mol. The number of anilines is 2. The van der Waals surface area contributed by atoms with Crippen LogP contribution < -0.4 is 21.1 Å². The number of benzene rings is 2. The lowest BCUT2D eigenvalue weighted by molar-refractivity contribution is 0.0631. The number of aromatic nitrogens is 2. The van der Waals surface area contributed by atoms with E-state index < -0.39 is 18.1 Å². The summed E-state index contributed by atoms with van der Waals surface area (Å²) in [6, 6.07) is 16.3. The van der Waals surface area contributed by atoms with E-state index in [0.29, 0.717) is 22.1 Å². The second-order valence-electron chi connectivity index (χ2n) is 7.50. The van der Waals surface area contributed by atoms with Gasteiger partial charge in [-0.25, -0.2) is 19.4 Å². The van der Waals surface area contributed by atoms with Gasteiger partial charge in [0.2, 0.25) is 0 Å². The van der Waals surface area contributed by atoms with Gasteiger partial charge in [-0.3, -0.25) is 0 Å². The lowest BCUT2D eigenvalue weighted by Gasteiger charge is -2.15. The Morgan fingerprint density at radius 1 is 0.972 bits per heavy atom. The van der Waals surface area contributed by atoms with Gasteiger partial charge >= 0.3 is 18.1 Å². The minimum atomic E-state index is -1.23. The molecule has 0 spiro atoms. The van der Waals surface area contributed by atoms with E-state index in [2.05, 4.69) is 20.4 Å². The van der Waals surface area contributed by atoms with E-state index in [1.165, 1.54) is 18.3 Å². The van der Waals surface area contributed by atoms with Crippen LogP contribution in [0.5, 0.6) is 11.5 Å². The second-order valence-corrected chi connectivity index (χ2v) is 7.91. The molecule has 0 saturated carbocycles. The van der Waals surface area contributed by atoms with Crippen molar-refractivity contribution in [2.45, 2.75) is 6.92 Å². The highest BCUT2D eigenvalue weighted by Crippen LogP contribution is 2.29. The van der Waals surface area contributed by atoms with Gasteiger partial charge in [0.1, 0.15) is 11.5 Å². The SMILES string of the molecule is Cc1cc(NC(=O)Nc2ccc(Oc3ccnc(C(=O)OC(N)=O)c3)cc2)c(-n2cccc2)cc1Cl. The van der Waals surface area contributed by atoms with E-state index in [-0.39, 0.29) is 11.4 Å². The number of nitrogens with one attached hydrogen (secondary N) is 2. The Bertz CT molecular complexity index is 1420. The number of halogens is 1. The Morgan fingerprint density at radius 3 is 2.39 bits per heavy atom. The van der Waals surface area contributed by atoms with Crippen molar-refractivity contribution < 1.29 is 23.9 Å². The summed E-state index contributed by atoms with van der Waals surface area (Å²) >= 11 is 6.29. The number of esters is 1. The molecule has 0 saturated heterocycles. The van der Waals surface area contributed by atoms with Crippen molar-refractivity contribution in [2.24, 2.45) is 5.73 Å². The number of pyridine rings is 1. The number of amides is 3. The number of rotatable bonds is 6. The Morgan fingerprint density at radius 2 is 1.69 bits per heavy atom. The number of nitrogens with two attached hydrogens (primary N) is 1. The number of urea groups is 1. The zero-order valence-electron chi connectivity index (χ0n) is 18.9. The standard InChI is InChI=1S/C25H20ClN5O5/c1-15-12-20(22(14-19(15)26)31-10-2-3-11-31)30-25(34)29-16-4-6-17(7-5-16)35-18-8-9-28-21(13-18)23(32)36-24(27)33/h2-14H,1H3,(H2,27,33)(H2,29,30,34). The van der Waals surface area contributed by atoms with Crippen LogP contribution in [-0.4, -0.2) is 27.6 Å². The molecule has 0 aliphatic heterocycles. The van der Waals surface area contributed by atoms with Crippen molar-refractivity contribution in [1.82, 2.24) is 9.55 Å². The van der Waals surface area contributed by atoms with Crippen molar-refractivity contribution in [2.75, 3.05) is 10.6 Å². The number of hydrogen-bond donors (Lipinski definition) is 3. The van der Waals surface area contributed by atoms with E-state index in [0.717, 1.165) is 11.3 Å². The molecular formula is C25H20ClN5O5. The summed E-state index contributed by atoms with van der Waals surface area (Å²) in [5.41, 5.74) is 7.37. The molecule has 182 valence electrons. The largest absolute Gasteiger partial charge is 0.457 e. The van der Waals surface area contributed by atoms with Crippen LogP contribution in [0.4, 0.5) is 21.0 Å². The van der Waals surface area contributed by atoms with Gasteiger partial charge in [0.25, 0.3) is 0 Å². The average Bonchev–Trinajstić information content (AvgIpc) is 3.37. The fraction of sp³-hybridized carbons (Fsp3) is 0.0400. The van der Waals surface area contributed by atoms with Gasteiger partial charge in [-0.05, 0) is 67.1 Å². The molecule has 0 aliphatic rings. The summed E-state index contributed by atoms with van der Waals surface area (Å²) in [5, 5.41) is 6.21. The van der Waals surface area contributed by atoms with Crippen LogP contribution >= 0.6 is 11.6 Å². The van der Waals surface area contributed by atoms with Crippen molar-refractivity contribution in [1.29, 1.82) is 0 Å². The number of ether oxygens (including phenoxy) is 2. The Kier molecular flexibility index (Phi) is 7.17. The third kappa shape index (κ3) is 5.99. The van der Waals surface area contributed by atoms with Gasteiger partial charge in [0, 0.05) is 35.4 Å². The maximum Gasteiger partial charge on any atom is 0.412 e. The average molecular weight is 506 g/mol. The zero-order valence-corrected chi connectivity index (χ0v) is 19.7. The van der Waals surface area contributed by atoms with Crippen LogP contribution in [0.1, 0.15) is 16.1 Å². The van der Waals surface area contributed by atoms with Gasteiger partial charge in [-0.2, -0.15) is 0 Å². The first kappa shape index (κ1) is 24.3. The van der Waals surface area contributed by atoms with Crippen molar-refractivity contribution >= 4 is 41.1 Å². The smallest absolute Gasteiger partial charge is 0.412 e. The lowest BCUT2D eigenvalue weighted by Crippen LogP contribution is -2.20. The molecule has 10 nitrogen and oxygen atoms in total. The maximum atomic E-state index is 12.7. The van der Waals surface area contributed by atoms with E-state index in [1.807, 2.05) is 36.0 Å². The highest BCUT2D eigenvalue weighted by Gasteiger charge is 2.14. The molecule has 0 fully saturated rings. The van der Waals surface area contributed by atoms with Crippen LogP contribution in [0, 0.1) is 6.92 Å². The number of carbonyl (C=O) groups is 3. The quantitative estimate of drug-likeness (QED) is 0.233. The molecule has 0 unspecified atom stereocenters. The van der Waals surface area contributed by atoms with Gasteiger partial charge in [-0.15, -0.1) is 0 Å². The molecule has 0 atom stereocenters. The highest BCUT2D eigenvalue weighted by atomic mass is 35.5. The van der Waals surface area contributed by atoms with E-state index >= 15 is 0 Å². The first-order chi connectivity index (χ1) is 17.3. The summed E-state index contributed by atoms with van der Waals surface area (Å²) in [6.45, 7) is 1.86. The predicted octanol–water partition coefficient (Wildman–Crippen LogP) is 5.51. The fourth-order valence-corrected chi connectivity index (χ4v) is 3.39. The molecule has 0 bridgehead atoms. The maximum absolute atomic E-state index is 12.7. The summed E-state index contributed by atoms with van der Waals surface area (Å²) in [4.78, 5) is 39.0. The first-order valence-corrected chi connectivity index (χ1v) is 10.9. The monoisotopic (exact) mass is 505 g/mol. The second kappa shape index (κ2) is 10.6. The molecule has 4 aromatic rings. The summed E-state index contributed by atoms with van der Waals surface area (Å²) in [5.74, 6) is -0.269.